The van der Waals surface area contributed by atoms with E-state index in [-0.39, 0.29) is 17.0 Å². The maximum Gasteiger partial charge on any atom is 0.139 e. The van der Waals surface area contributed by atoms with Crippen LogP contribution in [0.4, 0.5) is 0 Å². The Morgan fingerprint density at radius 1 is 1.25 bits per heavy atom. The topological polar surface area (TPSA) is 34.1 Å². The Bertz CT molecular complexity index is 291. The lowest BCUT2D eigenvalue weighted by Gasteiger charge is -2.40. The molecular formula is C14H24O2. The van der Waals surface area contributed by atoms with Gasteiger partial charge in [0.05, 0.1) is 0 Å². The van der Waals surface area contributed by atoms with E-state index in [4.69, 9.17) is 0 Å². The van der Waals surface area contributed by atoms with E-state index < -0.39 is 5.41 Å². The molecule has 0 N–H and O–H groups in total. The van der Waals surface area contributed by atoms with Crippen molar-refractivity contribution in [1.29, 1.82) is 0 Å². The standard InChI is InChI=1S/C14H24O2/c1-5-6-7-12(16)14(4)9-11(15)8-13(2,3)10-14/h5-10H2,1-4H3. The van der Waals surface area contributed by atoms with Gasteiger partial charge in [-0.15, -0.1) is 0 Å². The maximum atomic E-state index is 12.2. The highest BCUT2D eigenvalue weighted by molar-refractivity contribution is 5.92. The SMILES string of the molecule is CCCCC(=O)C1(C)CC(=O)CC(C)(C)C1. The summed E-state index contributed by atoms with van der Waals surface area (Å²) in [6.45, 7) is 8.25. The van der Waals surface area contributed by atoms with Crippen LogP contribution in [0.2, 0.25) is 0 Å². The van der Waals surface area contributed by atoms with Crippen molar-refractivity contribution in [3.8, 4) is 0 Å². The molecule has 92 valence electrons. The zero-order valence-electron chi connectivity index (χ0n) is 11.1. The molecule has 16 heavy (non-hydrogen) atoms. The molecule has 0 heterocycles. The highest BCUT2D eigenvalue weighted by atomic mass is 16.1. The Kier molecular flexibility index (Phi) is 3.92. The lowest BCUT2D eigenvalue weighted by Crippen LogP contribution is -2.41. The van der Waals surface area contributed by atoms with Crippen LogP contribution >= 0.6 is 0 Å². The fourth-order valence-electron chi connectivity index (χ4n) is 3.05. The van der Waals surface area contributed by atoms with Gasteiger partial charge in [-0.3, -0.25) is 9.59 Å². The minimum absolute atomic E-state index is 0.00798. The van der Waals surface area contributed by atoms with E-state index in [1.165, 1.54) is 0 Å². The van der Waals surface area contributed by atoms with Crippen LogP contribution in [0.1, 0.15) is 66.2 Å². The number of carbonyl (C=O) groups excluding carboxylic acids is 2. The second-order valence-corrected chi connectivity index (χ2v) is 6.32. The van der Waals surface area contributed by atoms with E-state index >= 15 is 0 Å². The summed E-state index contributed by atoms with van der Waals surface area (Å²) >= 11 is 0. The van der Waals surface area contributed by atoms with Gasteiger partial charge in [0.15, 0.2) is 0 Å². The number of hydrogen-bond acceptors (Lipinski definition) is 2. The number of carbonyl (C=O) groups is 2. The van der Waals surface area contributed by atoms with Crippen molar-refractivity contribution >= 4 is 11.6 Å². The quantitative estimate of drug-likeness (QED) is 0.732. The van der Waals surface area contributed by atoms with Crippen molar-refractivity contribution < 1.29 is 9.59 Å². The third-order valence-electron chi connectivity index (χ3n) is 3.56. The molecule has 0 aliphatic heterocycles. The number of hydrogen-bond donors (Lipinski definition) is 0. The van der Waals surface area contributed by atoms with Crippen LogP contribution in [-0.2, 0) is 9.59 Å². The molecule has 0 spiro atoms. The van der Waals surface area contributed by atoms with Crippen LogP contribution in [-0.4, -0.2) is 11.6 Å². The largest absolute Gasteiger partial charge is 0.300 e. The molecule has 1 fully saturated rings. The summed E-state index contributed by atoms with van der Waals surface area (Å²) in [5.74, 6) is 0.541. The molecule has 0 aromatic heterocycles. The van der Waals surface area contributed by atoms with Crippen LogP contribution < -0.4 is 0 Å². The molecule has 0 bridgehead atoms. The Morgan fingerprint density at radius 3 is 2.38 bits per heavy atom. The van der Waals surface area contributed by atoms with E-state index in [2.05, 4.69) is 20.8 Å². The molecule has 1 saturated carbocycles. The second kappa shape index (κ2) is 4.68. The molecular weight excluding hydrogens is 200 g/mol. The Morgan fingerprint density at radius 2 is 1.88 bits per heavy atom. The average molecular weight is 224 g/mol. The Labute approximate surface area is 98.8 Å². The Hall–Kier alpha value is -0.660. The summed E-state index contributed by atoms with van der Waals surface area (Å²) in [5.41, 5.74) is -0.403. The van der Waals surface area contributed by atoms with E-state index in [0.717, 1.165) is 19.3 Å². The van der Waals surface area contributed by atoms with Gasteiger partial charge in [-0.2, -0.15) is 0 Å². The molecule has 0 saturated heterocycles. The number of Topliss-reactive ketones (excluding diaryl/α,β-unsaturated/α-hetero) is 2. The first-order valence-corrected chi connectivity index (χ1v) is 6.34. The monoisotopic (exact) mass is 224 g/mol. The lowest BCUT2D eigenvalue weighted by molar-refractivity contribution is -0.140. The van der Waals surface area contributed by atoms with Crippen molar-refractivity contribution in [3.63, 3.8) is 0 Å². The predicted octanol–water partition coefficient (Wildman–Crippen LogP) is 3.53. The highest BCUT2D eigenvalue weighted by Gasteiger charge is 2.44. The smallest absolute Gasteiger partial charge is 0.139 e. The molecule has 0 radical (unpaired) electrons. The lowest BCUT2D eigenvalue weighted by atomic mass is 9.62. The highest BCUT2D eigenvalue weighted by Crippen LogP contribution is 2.45. The zero-order chi connectivity index (χ0) is 12.4. The first kappa shape index (κ1) is 13.4. The van der Waals surface area contributed by atoms with Crippen LogP contribution in [0, 0.1) is 10.8 Å². The van der Waals surface area contributed by atoms with Crippen LogP contribution in [0.5, 0.6) is 0 Å². The fourth-order valence-corrected chi connectivity index (χ4v) is 3.05. The third kappa shape index (κ3) is 3.16. The average Bonchev–Trinajstić information content (AvgIpc) is 2.09. The molecule has 1 aliphatic carbocycles. The van der Waals surface area contributed by atoms with Crippen LogP contribution in [0.15, 0.2) is 0 Å². The van der Waals surface area contributed by atoms with E-state index in [1.807, 2.05) is 6.92 Å². The fraction of sp³-hybridized carbons (Fsp3) is 0.857. The molecule has 0 amide bonds. The first-order valence-electron chi connectivity index (χ1n) is 6.34. The van der Waals surface area contributed by atoms with Gasteiger partial charge in [0.2, 0.25) is 0 Å². The number of ketones is 2. The summed E-state index contributed by atoms with van der Waals surface area (Å²) in [7, 11) is 0. The van der Waals surface area contributed by atoms with Crippen LogP contribution in [0.3, 0.4) is 0 Å². The van der Waals surface area contributed by atoms with E-state index in [1.54, 1.807) is 0 Å². The molecule has 1 atom stereocenters. The second-order valence-electron chi connectivity index (χ2n) is 6.32. The summed E-state index contributed by atoms with van der Waals surface area (Å²) in [5, 5.41) is 0. The predicted molar refractivity (Wildman–Crippen MR) is 65.3 cm³/mol. The molecule has 2 nitrogen and oxygen atoms in total. The van der Waals surface area contributed by atoms with E-state index in [0.29, 0.717) is 19.3 Å². The summed E-state index contributed by atoms with van der Waals surface area (Å²) in [6.07, 6.45) is 4.56. The van der Waals surface area contributed by atoms with Crippen molar-refractivity contribution in [3.05, 3.63) is 0 Å². The van der Waals surface area contributed by atoms with Crippen molar-refractivity contribution in [2.24, 2.45) is 10.8 Å². The molecule has 0 aromatic carbocycles. The van der Waals surface area contributed by atoms with Gasteiger partial charge in [-0.05, 0) is 18.3 Å². The van der Waals surface area contributed by atoms with Crippen LogP contribution in [0.25, 0.3) is 0 Å². The summed E-state index contributed by atoms with van der Waals surface area (Å²) in [6, 6.07) is 0. The normalized spacial score (nSPS) is 29.1. The number of rotatable bonds is 4. The number of unbranched alkanes of at least 4 members (excludes halogenated alkanes) is 1. The van der Waals surface area contributed by atoms with Gasteiger partial charge in [0, 0.05) is 24.7 Å². The molecule has 1 unspecified atom stereocenters. The van der Waals surface area contributed by atoms with Gasteiger partial charge in [0.1, 0.15) is 11.6 Å². The maximum absolute atomic E-state index is 12.2. The van der Waals surface area contributed by atoms with Crippen molar-refractivity contribution in [2.75, 3.05) is 0 Å². The van der Waals surface area contributed by atoms with Crippen molar-refractivity contribution in [2.45, 2.75) is 66.2 Å². The van der Waals surface area contributed by atoms with E-state index in [9.17, 15) is 9.59 Å². The van der Waals surface area contributed by atoms with Gasteiger partial charge < -0.3 is 0 Å². The minimum Gasteiger partial charge on any atom is -0.300 e. The minimum atomic E-state index is -0.395. The molecule has 0 aromatic rings. The van der Waals surface area contributed by atoms with Gasteiger partial charge in [-0.25, -0.2) is 0 Å². The zero-order valence-corrected chi connectivity index (χ0v) is 11.1. The first-order chi connectivity index (χ1) is 7.29. The van der Waals surface area contributed by atoms with Gasteiger partial charge >= 0.3 is 0 Å². The Balaban J connectivity index is 2.75. The third-order valence-corrected chi connectivity index (χ3v) is 3.56. The van der Waals surface area contributed by atoms with Crippen molar-refractivity contribution in [1.82, 2.24) is 0 Å². The van der Waals surface area contributed by atoms with Gasteiger partial charge in [0.25, 0.3) is 0 Å². The molecule has 1 rings (SSSR count). The molecule has 2 heteroatoms. The molecule has 1 aliphatic rings. The van der Waals surface area contributed by atoms with Gasteiger partial charge in [-0.1, -0.05) is 34.1 Å². The summed E-state index contributed by atoms with van der Waals surface area (Å²) < 4.78 is 0. The summed E-state index contributed by atoms with van der Waals surface area (Å²) in [4.78, 5) is 23.9.